The topological polar surface area (TPSA) is 104 Å². The molecule has 1 aromatic carbocycles. The number of hydrogen-bond donors (Lipinski definition) is 0. The smallest absolute Gasteiger partial charge is 0.340 e. The van der Waals surface area contributed by atoms with Gasteiger partial charge >= 0.3 is 5.97 Å². The zero-order valence-electron chi connectivity index (χ0n) is 14.4. The van der Waals surface area contributed by atoms with E-state index in [4.69, 9.17) is 4.74 Å². The summed E-state index contributed by atoms with van der Waals surface area (Å²) in [4.78, 5) is 50.7. The van der Waals surface area contributed by atoms with Crippen LogP contribution in [0.4, 0.5) is 5.00 Å². The van der Waals surface area contributed by atoms with Crippen LogP contribution in [0, 0.1) is 6.92 Å². The van der Waals surface area contributed by atoms with Crippen molar-refractivity contribution < 1.29 is 29.0 Å². The Labute approximate surface area is 162 Å². The molecule has 1 aliphatic rings. The van der Waals surface area contributed by atoms with Gasteiger partial charge in [0, 0.05) is 21.8 Å². The van der Waals surface area contributed by atoms with Crippen LogP contribution in [0.25, 0.3) is 0 Å². The van der Waals surface area contributed by atoms with Crippen LogP contribution in [0.5, 0.6) is 0 Å². The first kappa shape index (κ1) is 19.1. The van der Waals surface area contributed by atoms with E-state index in [9.17, 15) is 24.3 Å². The van der Waals surface area contributed by atoms with Gasteiger partial charge < -0.3 is 14.6 Å². The third kappa shape index (κ3) is 3.60. The summed E-state index contributed by atoms with van der Waals surface area (Å²) in [6.07, 6.45) is -0.0948. The number of carboxylic acid groups (broad SMARTS) is 1. The second kappa shape index (κ2) is 7.53. The molecule has 3 rings (SSSR count). The SMILES string of the molecule is COC(=O)c1cc(C)sc1N1C(=O)C[C@@H](Sc2ccccc2C(=O)[O-])C1=O. The molecule has 1 aliphatic heterocycles. The lowest BCUT2D eigenvalue weighted by atomic mass is 10.2. The molecule has 1 fully saturated rings. The highest BCUT2D eigenvalue weighted by atomic mass is 32.2. The molecule has 0 bridgehead atoms. The lowest BCUT2D eigenvalue weighted by Crippen LogP contribution is -2.31. The van der Waals surface area contributed by atoms with Crippen LogP contribution in [-0.4, -0.2) is 36.1 Å². The van der Waals surface area contributed by atoms with Crippen LogP contribution in [0.3, 0.4) is 0 Å². The van der Waals surface area contributed by atoms with Crippen molar-refractivity contribution in [1.82, 2.24) is 0 Å². The number of hydrogen-bond acceptors (Lipinski definition) is 8. The summed E-state index contributed by atoms with van der Waals surface area (Å²) in [5.74, 6) is -2.93. The number of ether oxygens (including phenoxy) is 1. The van der Waals surface area contributed by atoms with Crippen molar-refractivity contribution in [3.05, 3.63) is 46.3 Å². The Hall–Kier alpha value is -2.65. The molecule has 0 spiro atoms. The number of methoxy groups -OCH3 is 1. The van der Waals surface area contributed by atoms with E-state index in [1.165, 1.54) is 13.2 Å². The molecule has 2 heterocycles. The molecule has 2 aromatic rings. The second-order valence-electron chi connectivity index (χ2n) is 5.73. The van der Waals surface area contributed by atoms with Crippen molar-refractivity contribution in [2.45, 2.75) is 23.5 Å². The Morgan fingerprint density at radius 3 is 2.63 bits per heavy atom. The highest BCUT2D eigenvalue weighted by Gasteiger charge is 2.42. The predicted octanol–water partition coefficient (Wildman–Crippen LogP) is 1.63. The first-order valence-electron chi connectivity index (χ1n) is 7.86. The average molecular weight is 404 g/mol. The second-order valence-corrected chi connectivity index (χ2v) is 8.21. The number of carbonyl (C=O) groups is 4. The number of benzene rings is 1. The first-order chi connectivity index (χ1) is 12.8. The minimum atomic E-state index is -1.35. The van der Waals surface area contributed by atoms with Gasteiger partial charge in [-0.05, 0) is 19.1 Å². The highest BCUT2D eigenvalue weighted by Crippen LogP contribution is 2.39. The van der Waals surface area contributed by atoms with Crippen LogP contribution < -0.4 is 10.0 Å². The van der Waals surface area contributed by atoms with Gasteiger partial charge in [-0.25, -0.2) is 9.69 Å². The van der Waals surface area contributed by atoms with E-state index in [1.54, 1.807) is 31.2 Å². The van der Waals surface area contributed by atoms with Crippen molar-refractivity contribution in [2.24, 2.45) is 0 Å². The number of amides is 2. The predicted molar refractivity (Wildman–Crippen MR) is 97.9 cm³/mol. The monoisotopic (exact) mass is 404 g/mol. The number of rotatable bonds is 5. The fraction of sp³-hybridized carbons (Fsp3) is 0.222. The van der Waals surface area contributed by atoms with E-state index in [0.29, 0.717) is 4.90 Å². The Morgan fingerprint density at radius 1 is 1.26 bits per heavy atom. The third-order valence-electron chi connectivity index (χ3n) is 3.93. The number of aryl methyl sites for hydroxylation is 1. The van der Waals surface area contributed by atoms with Gasteiger partial charge in [0.2, 0.25) is 11.8 Å². The van der Waals surface area contributed by atoms with Gasteiger partial charge in [0.05, 0.1) is 23.9 Å². The number of thiophene rings is 1. The van der Waals surface area contributed by atoms with E-state index in [1.807, 2.05) is 0 Å². The van der Waals surface area contributed by atoms with Crippen molar-refractivity contribution in [3.8, 4) is 0 Å². The number of esters is 1. The minimum absolute atomic E-state index is 0.0385. The Balaban J connectivity index is 1.91. The molecule has 0 N–H and O–H groups in total. The summed E-state index contributed by atoms with van der Waals surface area (Å²) in [5.41, 5.74) is 0.117. The quantitative estimate of drug-likeness (QED) is 0.551. The molecular weight excluding hydrogens is 390 g/mol. The average Bonchev–Trinajstić information content (AvgIpc) is 3.14. The Kier molecular flexibility index (Phi) is 5.33. The summed E-state index contributed by atoms with van der Waals surface area (Å²) in [6, 6.07) is 7.71. The molecule has 2 amide bonds. The molecule has 27 heavy (non-hydrogen) atoms. The standard InChI is InChI=1S/C18H15NO6S2/c1-9-7-11(18(24)25-2)16(26-9)19-14(20)8-13(15(19)21)27-12-6-4-3-5-10(12)17(22)23/h3-7,13H,8H2,1-2H3,(H,22,23)/p-1/t13-/m1/s1. The van der Waals surface area contributed by atoms with Gasteiger partial charge in [-0.2, -0.15) is 0 Å². The lowest BCUT2D eigenvalue weighted by Gasteiger charge is -2.15. The molecule has 0 unspecified atom stereocenters. The summed E-state index contributed by atoms with van der Waals surface area (Å²) >= 11 is 2.15. The van der Waals surface area contributed by atoms with E-state index >= 15 is 0 Å². The number of carbonyl (C=O) groups excluding carboxylic acids is 4. The first-order valence-corrected chi connectivity index (χ1v) is 9.55. The zero-order valence-corrected chi connectivity index (χ0v) is 16.0. The van der Waals surface area contributed by atoms with Gasteiger partial charge in [-0.3, -0.25) is 9.59 Å². The summed E-state index contributed by atoms with van der Waals surface area (Å²) < 4.78 is 4.73. The largest absolute Gasteiger partial charge is 0.545 e. The molecule has 0 saturated carbocycles. The zero-order chi connectivity index (χ0) is 19.7. The number of anilines is 1. The maximum atomic E-state index is 12.9. The molecule has 1 aromatic heterocycles. The molecule has 0 radical (unpaired) electrons. The van der Waals surface area contributed by atoms with Gasteiger partial charge in [0.1, 0.15) is 5.00 Å². The van der Waals surface area contributed by atoms with E-state index < -0.39 is 29.0 Å². The summed E-state index contributed by atoms with van der Waals surface area (Å²) in [5, 5.41) is 10.7. The molecule has 0 aliphatic carbocycles. The fourth-order valence-corrected chi connectivity index (χ4v) is 4.92. The highest BCUT2D eigenvalue weighted by molar-refractivity contribution is 8.00. The van der Waals surface area contributed by atoms with Gasteiger partial charge in [0.15, 0.2) is 0 Å². The maximum absolute atomic E-state index is 12.9. The van der Waals surface area contributed by atoms with Crippen molar-refractivity contribution >= 4 is 51.9 Å². The van der Waals surface area contributed by atoms with Crippen LogP contribution in [0.2, 0.25) is 0 Å². The number of aromatic carboxylic acids is 1. The molecule has 1 saturated heterocycles. The molecule has 140 valence electrons. The summed E-state index contributed by atoms with van der Waals surface area (Å²) in [7, 11) is 1.22. The van der Waals surface area contributed by atoms with E-state index in [-0.39, 0.29) is 22.5 Å². The molecular formula is C18H14NO6S2-. The Bertz CT molecular complexity index is 951. The van der Waals surface area contributed by atoms with Crippen molar-refractivity contribution in [2.75, 3.05) is 12.0 Å². The number of carboxylic acids is 1. The van der Waals surface area contributed by atoms with Crippen molar-refractivity contribution in [3.63, 3.8) is 0 Å². The van der Waals surface area contributed by atoms with Gasteiger partial charge in [-0.1, -0.05) is 18.2 Å². The van der Waals surface area contributed by atoms with E-state index in [2.05, 4.69) is 0 Å². The number of imide groups is 1. The van der Waals surface area contributed by atoms with Crippen LogP contribution in [-0.2, 0) is 14.3 Å². The molecule has 1 atom stereocenters. The van der Waals surface area contributed by atoms with E-state index in [0.717, 1.165) is 32.9 Å². The molecule has 7 nitrogen and oxygen atoms in total. The van der Waals surface area contributed by atoms with Crippen LogP contribution >= 0.6 is 23.1 Å². The Morgan fingerprint density at radius 2 is 1.96 bits per heavy atom. The molecule has 9 heteroatoms. The third-order valence-corrected chi connectivity index (χ3v) is 6.22. The lowest BCUT2D eigenvalue weighted by molar-refractivity contribution is -0.255. The number of thioether (sulfide) groups is 1. The van der Waals surface area contributed by atoms with Crippen molar-refractivity contribution in [1.29, 1.82) is 0 Å². The van der Waals surface area contributed by atoms with Crippen LogP contribution in [0.15, 0.2) is 35.2 Å². The van der Waals surface area contributed by atoms with Crippen LogP contribution in [0.1, 0.15) is 32.0 Å². The minimum Gasteiger partial charge on any atom is -0.545 e. The van der Waals surface area contributed by atoms with Gasteiger partial charge in [-0.15, -0.1) is 23.1 Å². The number of nitrogens with zero attached hydrogens (tertiary/aromatic N) is 1. The fourth-order valence-electron chi connectivity index (χ4n) is 2.73. The van der Waals surface area contributed by atoms with Gasteiger partial charge in [0.25, 0.3) is 0 Å². The maximum Gasteiger partial charge on any atom is 0.340 e. The normalized spacial score (nSPS) is 16.7. The summed E-state index contributed by atoms with van der Waals surface area (Å²) in [6.45, 7) is 1.76.